The Hall–Kier alpha value is -0.750. The van der Waals surface area contributed by atoms with E-state index >= 15 is 0 Å². The predicted octanol–water partition coefficient (Wildman–Crippen LogP) is 3.46. The summed E-state index contributed by atoms with van der Waals surface area (Å²) in [6.45, 7) is 1.69. The lowest BCUT2D eigenvalue weighted by atomic mass is 10.0. The van der Waals surface area contributed by atoms with Crippen LogP contribution in [0.4, 0.5) is 5.69 Å². The van der Waals surface area contributed by atoms with Crippen molar-refractivity contribution in [3.05, 3.63) is 39.4 Å². The highest BCUT2D eigenvalue weighted by molar-refractivity contribution is 9.10. The number of halogens is 2. The number of carbonyl (C=O) groups excluding carboxylic acids is 1. The summed E-state index contributed by atoms with van der Waals surface area (Å²) in [7, 11) is 0. The molecule has 0 spiro atoms. The fourth-order valence-electron chi connectivity index (χ4n) is 1.33. The fraction of sp³-hybridized carbons (Fsp3) is 0.300. The maximum Gasteiger partial charge on any atom is 0.274 e. The molecule has 0 aliphatic rings. The molecule has 86 valence electrons. The Morgan fingerprint density at radius 2 is 2.19 bits per heavy atom. The minimum Gasteiger partial charge on any atom is -0.293 e. The number of benzene rings is 1. The second-order valence-electron chi connectivity index (χ2n) is 3.17. The Balaban J connectivity index is 3.35. The minimum absolute atomic E-state index is 0.0316. The molecular formula is C10H9Br2NO3. The van der Waals surface area contributed by atoms with Crippen LogP contribution in [0.25, 0.3) is 0 Å². The molecule has 0 radical (unpaired) electrons. The molecular weight excluding hydrogens is 342 g/mol. The number of nitrogens with zero attached hydrogens (tertiary/aromatic N) is 1. The number of carbonyl (C=O) groups is 1. The van der Waals surface area contributed by atoms with Gasteiger partial charge in [0.1, 0.15) is 0 Å². The van der Waals surface area contributed by atoms with E-state index in [1.54, 1.807) is 13.0 Å². The number of hydrogen-bond acceptors (Lipinski definition) is 3. The van der Waals surface area contributed by atoms with Crippen molar-refractivity contribution in [2.24, 2.45) is 0 Å². The number of nitro groups is 1. The molecule has 0 aliphatic carbocycles. The fourth-order valence-corrected chi connectivity index (χ4v) is 2.17. The molecule has 1 rings (SSSR count). The minimum atomic E-state index is -0.480. The van der Waals surface area contributed by atoms with E-state index in [9.17, 15) is 14.9 Å². The third kappa shape index (κ3) is 2.68. The molecule has 1 unspecified atom stereocenters. The second kappa shape index (κ2) is 5.54. The van der Waals surface area contributed by atoms with Crippen LogP contribution in [0.1, 0.15) is 22.8 Å². The van der Waals surface area contributed by atoms with Crippen LogP contribution in [0.5, 0.6) is 0 Å². The van der Waals surface area contributed by atoms with Gasteiger partial charge in [-0.3, -0.25) is 14.9 Å². The summed E-state index contributed by atoms with van der Waals surface area (Å²) in [6.07, 6.45) is 0. The van der Waals surface area contributed by atoms with Gasteiger partial charge in [-0.2, -0.15) is 0 Å². The van der Waals surface area contributed by atoms with E-state index in [0.717, 1.165) is 0 Å². The molecule has 0 N–H and O–H groups in total. The summed E-state index contributed by atoms with van der Waals surface area (Å²) < 4.78 is 0. The third-order valence-corrected chi connectivity index (χ3v) is 3.08. The monoisotopic (exact) mass is 349 g/mol. The van der Waals surface area contributed by atoms with Gasteiger partial charge in [0.25, 0.3) is 5.69 Å². The molecule has 0 fully saturated rings. The molecule has 0 saturated heterocycles. The molecule has 0 aliphatic heterocycles. The first kappa shape index (κ1) is 13.3. The molecule has 0 bridgehead atoms. The summed E-state index contributed by atoms with van der Waals surface area (Å²) >= 11 is 6.34. The van der Waals surface area contributed by atoms with Crippen LogP contribution in [0.2, 0.25) is 0 Å². The zero-order chi connectivity index (χ0) is 12.3. The number of ketones is 1. The van der Waals surface area contributed by atoms with Gasteiger partial charge in [0.15, 0.2) is 5.78 Å². The summed E-state index contributed by atoms with van der Waals surface area (Å²) in [5.41, 5.74) is 0.773. The number of alkyl halides is 2. The SMILES string of the molecule is CC(Br)C(=O)c1cccc([N+](=O)[O-])c1CBr. The summed E-state index contributed by atoms with van der Waals surface area (Å²) in [4.78, 5) is 21.8. The maximum absolute atomic E-state index is 11.8. The van der Waals surface area contributed by atoms with Crippen molar-refractivity contribution in [3.8, 4) is 0 Å². The van der Waals surface area contributed by atoms with Gasteiger partial charge in [-0.25, -0.2) is 0 Å². The number of Topliss-reactive ketones (excluding diaryl/α,β-unsaturated/α-hetero) is 1. The van der Waals surface area contributed by atoms with Crippen LogP contribution in [-0.2, 0) is 5.33 Å². The Morgan fingerprint density at radius 1 is 1.56 bits per heavy atom. The van der Waals surface area contributed by atoms with E-state index in [-0.39, 0.29) is 21.6 Å². The molecule has 0 heterocycles. The lowest BCUT2D eigenvalue weighted by Gasteiger charge is -2.08. The molecule has 1 atom stereocenters. The highest BCUT2D eigenvalue weighted by Gasteiger charge is 2.22. The molecule has 0 amide bonds. The Bertz CT molecular complexity index is 432. The first-order valence-electron chi connectivity index (χ1n) is 4.49. The van der Waals surface area contributed by atoms with Crippen LogP contribution in [0.15, 0.2) is 18.2 Å². The van der Waals surface area contributed by atoms with Gasteiger partial charge in [-0.1, -0.05) is 44.0 Å². The molecule has 6 heteroatoms. The average molecular weight is 351 g/mol. The van der Waals surface area contributed by atoms with Gasteiger partial charge < -0.3 is 0 Å². The van der Waals surface area contributed by atoms with Crippen LogP contribution >= 0.6 is 31.9 Å². The third-order valence-electron chi connectivity index (χ3n) is 2.11. The van der Waals surface area contributed by atoms with Crippen molar-refractivity contribution in [1.82, 2.24) is 0 Å². The second-order valence-corrected chi connectivity index (χ2v) is 5.11. The van der Waals surface area contributed by atoms with E-state index in [4.69, 9.17) is 0 Å². The highest BCUT2D eigenvalue weighted by atomic mass is 79.9. The Labute approximate surface area is 109 Å². The number of nitro benzene ring substituents is 1. The number of hydrogen-bond donors (Lipinski definition) is 0. The molecule has 1 aromatic rings. The van der Waals surface area contributed by atoms with Crippen LogP contribution in [-0.4, -0.2) is 15.5 Å². The normalized spacial score (nSPS) is 12.2. The summed E-state index contributed by atoms with van der Waals surface area (Å²) in [5, 5.41) is 11.1. The van der Waals surface area contributed by atoms with Crippen molar-refractivity contribution >= 4 is 43.3 Å². The van der Waals surface area contributed by atoms with E-state index in [1.165, 1.54) is 12.1 Å². The summed E-state index contributed by atoms with van der Waals surface area (Å²) in [5.74, 6) is -0.154. The van der Waals surface area contributed by atoms with Gasteiger partial charge >= 0.3 is 0 Å². The molecule has 16 heavy (non-hydrogen) atoms. The Kier molecular flexibility index (Phi) is 4.61. The smallest absolute Gasteiger partial charge is 0.274 e. The standard InChI is InChI=1S/C10H9Br2NO3/c1-6(12)10(14)7-3-2-4-9(13(15)16)8(7)5-11/h2-4,6H,5H2,1H3. The maximum atomic E-state index is 11.8. The largest absolute Gasteiger partial charge is 0.293 e. The van der Waals surface area contributed by atoms with E-state index in [1.807, 2.05) is 0 Å². The van der Waals surface area contributed by atoms with Crippen molar-refractivity contribution in [2.45, 2.75) is 17.1 Å². The predicted molar refractivity (Wildman–Crippen MR) is 68.4 cm³/mol. The summed E-state index contributed by atoms with van der Waals surface area (Å²) in [6, 6.07) is 4.52. The molecule has 1 aromatic carbocycles. The van der Waals surface area contributed by atoms with Crippen molar-refractivity contribution in [2.75, 3.05) is 0 Å². The van der Waals surface area contributed by atoms with Gasteiger partial charge in [-0.05, 0) is 6.92 Å². The molecule has 4 nitrogen and oxygen atoms in total. The zero-order valence-corrected chi connectivity index (χ0v) is 11.6. The van der Waals surface area contributed by atoms with Gasteiger partial charge in [0.05, 0.1) is 15.3 Å². The van der Waals surface area contributed by atoms with Crippen LogP contribution in [0.3, 0.4) is 0 Å². The number of rotatable bonds is 4. The van der Waals surface area contributed by atoms with Crippen molar-refractivity contribution < 1.29 is 9.72 Å². The van der Waals surface area contributed by atoms with E-state index in [0.29, 0.717) is 11.1 Å². The highest BCUT2D eigenvalue weighted by Crippen LogP contribution is 2.26. The van der Waals surface area contributed by atoms with Gasteiger partial charge in [-0.15, -0.1) is 0 Å². The van der Waals surface area contributed by atoms with E-state index < -0.39 is 4.92 Å². The Morgan fingerprint density at radius 3 is 2.62 bits per heavy atom. The quantitative estimate of drug-likeness (QED) is 0.361. The lowest BCUT2D eigenvalue weighted by molar-refractivity contribution is -0.385. The van der Waals surface area contributed by atoms with Crippen molar-refractivity contribution in [3.63, 3.8) is 0 Å². The first-order valence-corrected chi connectivity index (χ1v) is 6.53. The van der Waals surface area contributed by atoms with Crippen LogP contribution in [0, 0.1) is 10.1 Å². The molecule has 0 saturated carbocycles. The lowest BCUT2D eigenvalue weighted by Crippen LogP contribution is -2.13. The zero-order valence-electron chi connectivity index (χ0n) is 8.44. The first-order chi connectivity index (χ1) is 7.49. The molecule has 0 aromatic heterocycles. The van der Waals surface area contributed by atoms with Gasteiger partial charge in [0.2, 0.25) is 0 Å². The topological polar surface area (TPSA) is 60.2 Å². The van der Waals surface area contributed by atoms with Crippen LogP contribution < -0.4 is 0 Å². The average Bonchev–Trinajstić information content (AvgIpc) is 2.26. The van der Waals surface area contributed by atoms with Crippen molar-refractivity contribution in [1.29, 1.82) is 0 Å². The van der Waals surface area contributed by atoms with Gasteiger partial charge in [0, 0.05) is 17.0 Å². The van der Waals surface area contributed by atoms with E-state index in [2.05, 4.69) is 31.9 Å².